The number of hydrogen-bond donors (Lipinski definition) is 4. The van der Waals surface area contributed by atoms with Gasteiger partial charge < -0.3 is 21.3 Å². The molecule has 0 amide bonds. The van der Waals surface area contributed by atoms with Gasteiger partial charge in [0.15, 0.2) is 0 Å². The van der Waals surface area contributed by atoms with Gasteiger partial charge in [-0.1, -0.05) is 0 Å². The van der Waals surface area contributed by atoms with E-state index in [0.717, 1.165) is 52.4 Å². The Kier molecular flexibility index (Phi) is 12.9. The molecular weight excluding hydrogens is 242 g/mol. The third kappa shape index (κ3) is 10.7. The van der Waals surface area contributed by atoms with Crippen molar-refractivity contribution in [2.24, 2.45) is 0 Å². The molecule has 0 aliphatic carbocycles. The van der Waals surface area contributed by atoms with Gasteiger partial charge in [-0.05, 0) is 39.0 Å². The predicted molar refractivity (Wildman–Crippen MR) is 60.7 cm³/mol. The molecule has 0 radical (unpaired) electrons. The van der Waals surface area contributed by atoms with Crippen LogP contribution in [0.2, 0.25) is 0 Å². The quantitative estimate of drug-likeness (QED) is 0.431. The van der Waals surface area contributed by atoms with Crippen molar-refractivity contribution in [3.63, 3.8) is 0 Å². The van der Waals surface area contributed by atoms with Crippen molar-refractivity contribution in [2.75, 3.05) is 52.4 Å². The second-order valence-electron chi connectivity index (χ2n) is 3.71. The van der Waals surface area contributed by atoms with Crippen molar-refractivity contribution in [2.45, 2.75) is 12.8 Å². The normalized spacial score (nSPS) is 22.4. The van der Waals surface area contributed by atoms with Gasteiger partial charge in [0.1, 0.15) is 0 Å². The van der Waals surface area contributed by atoms with Crippen LogP contribution in [0.25, 0.3) is 0 Å². The fraction of sp³-hybridized carbons (Fsp3) is 1.00. The Bertz CT molecular complexity index is 70.7. The van der Waals surface area contributed by atoms with Gasteiger partial charge in [0.2, 0.25) is 0 Å². The second-order valence-corrected chi connectivity index (χ2v) is 3.71. The summed E-state index contributed by atoms with van der Waals surface area (Å²) < 4.78 is 0. The fourth-order valence-electron chi connectivity index (χ4n) is 1.53. The van der Waals surface area contributed by atoms with Crippen LogP contribution in [0.4, 0.5) is 0 Å². The zero-order valence-corrected chi connectivity index (χ0v) is 12.7. The average Bonchev–Trinajstić information content (AvgIpc) is 2.22. The monoisotopic (exact) mass is 264 g/mol. The molecule has 0 aromatic carbocycles. The summed E-state index contributed by atoms with van der Waals surface area (Å²) >= 11 is 0. The van der Waals surface area contributed by atoms with Crippen molar-refractivity contribution < 1.29 is 19.5 Å². The Hall–Kier alpha value is 0.463. The molecule has 0 spiro atoms. The molecular formula is C10H24N4Zn. The Labute approximate surface area is 106 Å². The first-order chi connectivity index (χ1) is 7.00. The van der Waals surface area contributed by atoms with E-state index >= 15 is 0 Å². The van der Waals surface area contributed by atoms with E-state index < -0.39 is 0 Å². The minimum absolute atomic E-state index is 0. The third-order valence-electron chi connectivity index (χ3n) is 2.37. The van der Waals surface area contributed by atoms with Gasteiger partial charge in [0.05, 0.1) is 0 Å². The van der Waals surface area contributed by atoms with Crippen LogP contribution in [0.15, 0.2) is 0 Å². The summed E-state index contributed by atoms with van der Waals surface area (Å²) in [7, 11) is 0. The molecule has 4 N–H and O–H groups in total. The van der Waals surface area contributed by atoms with Gasteiger partial charge in [-0.2, -0.15) is 0 Å². The van der Waals surface area contributed by atoms with Gasteiger partial charge in [-0.15, -0.1) is 0 Å². The van der Waals surface area contributed by atoms with Gasteiger partial charge >= 0.3 is 0 Å². The van der Waals surface area contributed by atoms with E-state index in [4.69, 9.17) is 0 Å². The zero-order chi connectivity index (χ0) is 9.90. The first-order valence-corrected chi connectivity index (χ1v) is 5.83. The first-order valence-electron chi connectivity index (χ1n) is 5.83. The molecule has 4 nitrogen and oxygen atoms in total. The topological polar surface area (TPSA) is 48.1 Å². The van der Waals surface area contributed by atoms with Crippen LogP contribution < -0.4 is 21.3 Å². The molecule has 0 unspecified atom stereocenters. The van der Waals surface area contributed by atoms with Crippen molar-refractivity contribution in [1.82, 2.24) is 21.3 Å². The number of rotatable bonds is 0. The van der Waals surface area contributed by atoms with Gasteiger partial charge in [-0.3, -0.25) is 0 Å². The van der Waals surface area contributed by atoms with E-state index in [2.05, 4.69) is 21.3 Å². The summed E-state index contributed by atoms with van der Waals surface area (Å²) in [4.78, 5) is 0. The van der Waals surface area contributed by atoms with Crippen LogP contribution in [0.3, 0.4) is 0 Å². The van der Waals surface area contributed by atoms with Gasteiger partial charge in [0.25, 0.3) is 0 Å². The largest absolute Gasteiger partial charge is 0.315 e. The summed E-state index contributed by atoms with van der Waals surface area (Å²) in [6, 6.07) is 0. The maximum Gasteiger partial charge on any atom is 0.00767 e. The van der Waals surface area contributed by atoms with Crippen molar-refractivity contribution in [3.05, 3.63) is 0 Å². The molecule has 1 aliphatic heterocycles. The molecule has 0 atom stereocenters. The minimum atomic E-state index is 0. The maximum absolute atomic E-state index is 3.42. The zero-order valence-electron chi connectivity index (χ0n) is 9.78. The summed E-state index contributed by atoms with van der Waals surface area (Å²) in [6.07, 6.45) is 2.44. The van der Waals surface area contributed by atoms with Crippen molar-refractivity contribution in [3.8, 4) is 0 Å². The summed E-state index contributed by atoms with van der Waals surface area (Å²) in [6.45, 7) is 8.87. The molecule has 1 saturated heterocycles. The molecule has 1 aliphatic rings. The van der Waals surface area contributed by atoms with Crippen molar-refractivity contribution in [1.29, 1.82) is 0 Å². The average molecular weight is 266 g/mol. The molecule has 1 fully saturated rings. The molecule has 1 heterocycles. The molecule has 5 heteroatoms. The van der Waals surface area contributed by atoms with E-state index in [1.165, 1.54) is 12.8 Å². The molecule has 15 heavy (non-hydrogen) atoms. The molecule has 0 bridgehead atoms. The Morgan fingerprint density at radius 3 is 0.933 bits per heavy atom. The first kappa shape index (κ1) is 15.5. The van der Waals surface area contributed by atoms with E-state index in [1.54, 1.807) is 0 Å². The Balaban J connectivity index is 0.00000196. The van der Waals surface area contributed by atoms with Crippen LogP contribution >= 0.6 is 0 Å². The maximum atomic E-state index is 3.42. The molecule has 0 aromatic heterocycles. The Morgan fingerprint density at radius 1 is 0.400 bits per heavy atom. The minimum Gasteiger partial charge on any atom is -0.315 e. The molecule has 1 rings (SSSR count). The summed E-state index contributed by atoms with van der Waals surface area (Å²) in [5, 5.41) is 13.7. The summed E-state index contributed by atoms with van der Waals surface area (Å²) in [5.74, 6) is 0. The van der Waals surface area contributed by atoms with Crippen LogP contribution in [0.5, 0.6) is 0 Å². The van der Waals surface area contributed by atoms with Crippen LogP contribution in [-0.2, 0) is 19.5 Å². The van der Waals surface area contributed by atoms with E-state index in [1.807, 2.05) is 0 Å². The molecule has 0 saturated carbocycles. The van der Waals surface area contributed by atoms with Crippen LogP contribution in [-0.4, -0.2) is 52.4 Å². The molecule has 0 aromatic rings. The summed E-state index contributed by atoms with van der Waals surface area (Å²) in [5.41, 5.74) is 0. The van der Waals surface area contributed by atoms with Crippen LogP contribution in [0, 0.1) is 0 Å². The third-order valence-corrected chi connectivity index (χ3v) is 2.37. The standard InChI is InChI=1S/C10H24N4.Zn/c1-3-11-7-9-13-5-2-6-14-10-8-12-4-1;/h11-14H,1-10H2;. The van der Waals surface area contributed by atoms with Gasteiger partial charge in [0, 0.05) is 45.7 Å². The van der Waals surface area contributed by atoms with E-state index in [0.29, 0.717) is 0 Å². The molecule has 86 valence electrons. The van der Waals surface area contributed by atoms with Crippen molar-refractivity contribution >= 4 is 0 Å². The number of hydrogen-bond acceptors (Lipinski definition) is 4. The van der Waals surface area contributed by atoms with Gasteiger partial charge in [-0.25, -0.2) is 0 Å². The Morgan fingerprint density at radius 2 is 0.667 bits per heavy atom. The fourth-order valence-corrected chi connectivity index (χ4v) is 1.53. The van der Waals surface area contributed by atoms with E-state index in [-0.39, 0.29) is 19.5 Å². The number of nitrogens with one attached hydrogen (secondary N) is 4. The van der Waals surface area contributed by atoms with Crippen LogP contribution in [0.1, 0.15) is 12.8 Å². The van der Waals surface area contributed by atoms with E-state index in [9.17, 15) is 0 Å². The smallest absolute Gasteiger partial charge is 0.00767 e. The second kappa shape index (κ2) is 12.5. The SMILES string of the molecule is C1CNCCNCCCNCCNC1.[Zn]. The predicted octanol–water partition coefficient (Wildman–Crippen LogP) is -0.864.